The highest BCUT2D eigenvalue weighted by atomic mass is 35.5. The highest BCUT2D eigenvalue weighted by Gasteiger charge is 2.21. The molecule has 2 aromatic carbocycles. The van der Waals surface area contributed by atoms with Gasteiger partial charge in [-0.15, -0.1) is 0 Å². The number of methoxy groups -OCH3 is 1. The number of fused-ring (bicyclic) bond motifs is 1. The van der Waals surface area contributed by atoms with Crippen LogP contribution in [0.3, 0.4) is 0 Å². The molecule has 0 saturated carbocycles. The van der Waals surface area contributed by atoms with Crippen LogP contribution in [0.1, 0.15) is 27.8 Å². The predicted molar refractivity (Wildman–Crippen MR) is 132 cm³/mol. The van der Waals surface area contributed by atoms with E-state index in [1.54, 1.807) is 36.2 Å². The Morgan fingerprint density at radius 2 is 1.85 bits per heavy atom. The molecule has 4 rings (SSSR count). The molecular formula is C25H24ClN5O3. The first-order valence-corrected chi connectivity index (χ1v) is 11.2. The van der Waals surface area contributed by atoms with E-state index in [0.717, 1.165) is 5.56 Å². The summed E-state index contributed by atoms with van der Waals surface area (Å²) in [4.78, 5) is 30.8. The number of carbonyl (C=O) groups is 2. The first-order chi connectivity index (χ1) is 16.5. The number of hydrogen-bond donors (Lipinski definition) is 2. The number of carbonyl (C=O) groups excluding carboxylic acids is 2. The number of nitrogens with zero attached hydrogens (tertiary/aromatic N) is 3. The number of benzene rings is 2. The van der Waals surface area contributed by atoms with Crippen molar-refractivity contribution in [2.45, 2.75) is 13.5 Å². The standard InChI is InChI=1S/C25H24ClN5O3/c1-3-31-15-22(23(30-31)25(33)27-12-13-34-2)29-24(32)19-14-21(16-8-10-17(26)11-9-16)28-20-7-5-4-6-18(19)20/h4-11,14-15H,3,12-13H2,1-2H3,(H,27,33)(H,29,32). The largest absolute Gasteiger partial charge is 0.383 e. The Morgan fingerprint density at radius 3 is 2.59 bits per heavy atom. The lowest BCUT2D eigenvalue weighted by Crippen LogP contribution is -2.28. The molecule has 0 radical (unpaired) electrons. The minimum absolute atomic E-state index is 0.141. The molecule has 0 unspecified atom stereocenters. The number of ether oxygens (including phenoxy) is 1. The van der Waals surface area contributed by atoms with Crippen LogP contribution in [0.5, 0.6) is 0 Å². The van der Waals surface area contributed by atoms with Gasteiger partial charge in [0, 0.05) is 42.4 Å². The number of rotatable bonds is 8. The van der Waals surface area contributed by atoms with Crippen LogP contribution in [0.25, 0.3) is 22.2 Å². The summed E-state index contributed by atoms with van der Waals surface area (Å²) < 4.78 is 6.58. The second-order valence-electron chi connectivity index (χ2n) is 7.53. The number of pyridine rings is 1. The average Bonchev–Trinajstić information content (AvgIpc) is 3.26. The SMILES string of the molecule is CCn1cc(NC(=O)c2cc(-c3ccc(Cl)cc3)nc3ccccc23)c(C(=O)NCCOC)n1. The Bertz CT molecular complexity index is 1330. The van der Waals surface area contributed by atoms with Crippen LogP contribution in [0.2, 0.25) is 5.02 Å². The maximum atomic E-state index is 13.4. The molecule has 9 heteroatoms. The smallest absolute Gasteiger partial charge is 0.274 e. The summed E-state index contributed by atoms with van der Waals surface area (Å²) in [5.41, 5.74) is 3.06. The molecule has 2 N–H and O–H groups in total. The molecular weight excluding hydrogens is 454 g/mol. The van der Waals surface area contributed by atoms with Gasteiger partial charge in [-0.1, -0.05) is 41.9 Å². The zero-order chi connectivity index (χ0) is 24.1. The van der Waals surface area contributed by atoms with Gasteiger partial charge in [0.05, 0.1) is 29.1 Å². The van der Waals surface area contributed by atoms with Gasteiger partial charge in [-0.25, -0.2) is 4.98 Å². The van der Waals surface area contributed by atoms with Crippen LogP contribution in [-0.4, -0.2) is 46.8 Å². The number of hydrogen-bond acceptors (Lipinski definition) is 5. The third kappa shape index (κ3) is 5.08. The van der Waals surface area contributed by atoms with Crippen molar-refractivity contribution in [3.8, 4) is 11.3 Å². The van der Waals surface area contributed by atoms with Crippen molar-refractivity contribution in [1.29, 1.82) is 0 Å². The number of amides is 2. The minimum atomic E-state index is -0.388. The fourth-order valence-corrected chi connectivity index (χ4v) is 3.64. The van der Waals surface area contributed by atoms with Crippen molar-refractivity contribution in [2.75, 3.05) is 25.6 Å². The van der Waals surface area contributed by atoms with Gasteiger partial charge in [-0.3, -0.25) is 14.3 Å². The lowest BCUT2D eigenvalue weighted by atomic mass is 10.0. The second-order valence-corrected chi connectivity index (χ2v) is 7.97. The first-order valence-electron chi connectivity index (χ1n) is 10.8. The van der Waals surface area contributed by atoms with E-state index in [0.29, 0.717) is 52.6 Å². The van der Waals surface area contributed by atoms with Crippen LogP contribution >= 0.6 is 11.6 Å². The van der Waals surface area contributed by atoms with Crippen molar-refractivity contribution >= 4 is 40.0 Å². The quantitative estimate of drug-likeness (QED) is 0.366. The van der Waals surface area contributed by atoms with Crippen molar-refractivity contribution in [2.24, 2.45) is 0 Å². The fourth-order valence-electron chi connectivity index (χ4n) is 3.51. The number of anilines is 1. The van der Waals surface area contributed by atoms with Gasteiger partial charge in [0.1, 0.15) is 0 Å². The third-order valence-corrected chi connectivity index (χ3v) is 5.49. The summed E-state index contributed by atoms with van der Waals surface area (Å²) in [5.74, 6) is -0.753. The summed E-state index contributed by atoms with van der Waals surface area (Å²) in [6.45, 7) is 3.16. The molecule has 2 amide bonds. The number of nitrogens with one attached hydrogen (secondary N) is 2. The molecule has 34 heavy (non-hydrogen) atoms. The van der Waals surface area contributed by atoms with Crippen LogP contribution in [0, 0.1) is 0 Å². The highest BCUT2D eigenvalue weighted by molar-refractivity contribution is 6.30. The first kappa shape index (κ1) is 23.4. The van der Waals surface area contributed by atoms with Crippen LogP contribution < -0.4 is 10.6 Å². The Kier molecular flexibility index (Phi) is 7.20. The monoisotopic (exact) mass is 477 g/mol. The van der Waals surface area contributed by atoms with E-state index in [1.807, 2.05) is 43.3 Å². The average molecular weight is 478 g/mol. The van der Waals surface area contributed by atoms with Gasteiger partial charge in [0.15, 0.2) is 5.69 Å². The summed E-state index contributed by atoms with van der Waals surface area (Å²) in [7, 11) is 1.56. The van der Waals surface area contributed by atoms with Crippen LogP contribution in [0.15, 0.2) is 60.8 Å². The van der Waals surface area contributed by atoms with Crippen LogP contribution in [0.4, 0.5) is 5.69 Å². The van der Waals surface area contributed by atoms with Gasteiger partial charge < -0.3 is 15.4 Å². The van der Waals surface area contributed by atoms with Crippen molar-refractivity contribution in [3.05, 3.63) is 77.1 Å². The fraction of sp³-hybridized carbons (Fsp3) is 0.200. The van der Waals surface area contributed by atoms with E-state index in [2.05, 4.69) is 15.7 Å². The van der Waals surface area contributed by atoms with E-state index < -0.39 is 0 Å². The Morgan fingerprint density at radius 1 is 1.09 bits per heavy atom. The number of aryl methyl sites for hydroxylation is 1. The van der Waals surface area contributed by atoms with Crippen LogP contribution in [-0.2, 0) is 11.3 Å². The van der Waals surface area contributed by atoms with E-state index in [4.69, 9.17) is 21.3 Å². The summed E-state index contributed by atoms with van der Waals surface area (Å²) in [6.07, 6.45) is 1.65. The predicted octanol–water partition coefficient (Wildman–Crippen LogP) is 4.40. The summed E-state index contributed by atoms with van der Waals surface area (Å²) in [6, 6.07) is 16.4. The normalized spacial score (nSPS) is 10.9. The van der Waals surface area contributed by atoms with E-state index in [9.17, 15) is 9.59 Å². The molecule has 0 atom stereocenters. The lowest BCUT2D eigenvalue weighted by Gasteiger charge is -2.11. The number of halogens is 1. The van der Waals surface area contributed by atoms with Gasteiger partial charge in [-0.2, -0.15) is 5.10 Å². The third-order valence-electron chi connectivity index (χ3n) is 5.24. The Labute approximate surface area is 201 Å². The van der Waals surface area contributed by atoms with Crippen molar-refractivity contribution in [3.63, 3.8) is 0 Å². The van der Waals surface area contributed by atoms with Gasteiger partial charge in [0.25, 0.3) is 11.8 Å². The molecule has 0 bridgehead atoms. The molecule has 2 heterocycles. The van der Waals surface area contributed by atoms with E-state index in [-0.39, 0.29) is 17.5 Å². The maximum absolute atomic E-state index is 13.4. The van der Waals surface area contributed by atoms with Gasteiger partial charge in [-0.05, 0) is 31.2 Å². The molecule has 0 aliphatic carbocycles. The lowest BCUT2D eigenvalue weighted by molar-refractivity contribution is 0.0932. The topological polar surface area (TPSA) is 98.1 Å². The number of para-hydroxylation sites is 1. The van der Waals surface area contributed by atoms with Crippen molar-refractivity contribution < 1.29 is 14.3 Å². The molecule has 174 valence electrons. The van der Waals surface area contributed by atoms with E-state index in [1.165, 1.54) is 0 Å². The minimum Gasteiger partial charge on any atom is -0.383 e. The molecule has 0 aliphatic heterocycles. The zero-order valence-corrected chi connectivity index (χ0v) is 19.6. The Balaban J connectivity index is 1.70. The Hall–Kier alpha value is -3.75. The van der Waals surface area contributed by atoms with Gasteiger partial charge >= 0.3 is 0 Å². The van der Waals surface area contributed by atoms with E-state index >= 15 is 0 Å². The zero-order valence-electron chi connectivity index (χ0n) is 18.8. The molecule has 0 aliphatic rings. The summed E-state index contributed by atoms with van der Waals surface area (Å²) in [5, 5.41) is 11.2. The molecule has 0 fully saturated rings. The van der Waals surface area contributed by atoms with Gasteiger partial charge in [0.2, 0.25) is 0 Å². The molecule has 0 spiro atoms. The van der Waals surface area contributed by atoms with Crippen molar-refractivity contribution in [1.82, 2.24) is 20.1 Å². The highest BCUT2D eigenvalue weighted by Crippen LogP contribution is 2.27. The summed E-state index contributed by atoms with van der Waals surface area (Å²) >= 11 is 6.03. The molecule has 4 aromatic rings. The second kappa shape index (κ2) is 10.5. The number of aromatic nitrogens is 3. The maximum Gasteiger partial charge on any atom is 0.274 e. The molecule has 8 nitrogen and oxygen atoms in total. The molecule has 2 aromatic heterocycles. The molecule has 0 saturated heterocycles.